The van der Waals surface area contributed by atoms with E-state index >= 15 is 0 Å². The van der Waals surface area contributed by atoms with Crippen LogP contribution in [0.2, 0.25) is 0 Å². The van der Waals surface area contributed by atoms with Gasteiger partial charge in [-0.05, 0) is 55.9 Å². The van der Waals surface area contributed by atoms with Gasteiger partial charge >= 0.3 is 6.09 Å². The number of nitrogens with one attached hydrogen (secondary N) is 2. The number of aromatic amines is 1. The average Bonchev–Trinajstić information content (AvgIpc) is 3.46. The molecule has 0 saturated carbocycles. The topological polar surface area (TPSA) is 109 Å². The van der Waals surface area contributed by atoms with Crippen LogP contribution in [0.3, 0.4) is 0 Å². The van der Waals surface area contributed by atoms with Gasteiger partial charge in [0, 0.05) is 44.6 Å². The lowest BCUT2D eigenvalue weighted by Gasteiger charge is -2.35. The van der Waals surface area contributed by atoms with Crippen LogP contribution in [-0.2, 0) is 25.9 Å². The quantitative estimate of drug-likeness (QED) is 0.337. The summed E-state index contributed by atoms with van der Waals surface area (Å²) in [5, 5.41) is 2.81. The van der Waals surface area contributed by atoms with Gasteiger partial charge in [-0.15, -0.1) is 0 Å². The Morgan fingerprint density at radius 1 is 1.05 bits per heavy atom. The zero-order chi connectivity index (χ0) is 26.3. The molecule has 0 spiro atoms. The highest BCUT2D eigenvalue weighted by atomic mass is 16.6. The van der Waals surface area contributed by atoms with Crippen LogP contribution in [0, 0.1) is 13.8 Å². The van der Waals surface area contributed by atoms with Crippen molar-refractivity contribution >= 4 is 6.09 Å². The molecule has 1 aliphatic rings. The van der Waals surface area contributed by atoms with Crippen LogP contribution in [0.5, 0.6) is 5.75 Å². The molecular weight excluding hydrogens is 478 g/mol. The third kappa shape index (κ3) is 6.23. The maximum atomic E-state index is 12.3. The number of benzene rings is 1. The standard InChI is InChI=1S/C29H33N7O2/c1-20-28(21(2)35-19-34-20)38-29(37)33-17-22-8-10-23(11-9-22)18-36(16-12-26-30-14-15-31-26)25-7-3-5-24-6-4-13-32-27(24)25/h4,6,8-11,13-15,19,25H,3,5,7,12,16-18H2,1-2H3,(H,30,31)(H,33,37). The van der Waals surface area contributed by atoms with Crippen LogP contribution in [0.1, 0.15) is 58.5 Å². The number of ether oxygens (including phenoxy) is 1. The van der Waals surface area contributed by atoms with E-state index in [9.17, 15) is 4.79 Å². The summed E-state index contributed by atoms with van der Waals surface area (Å²) in [6, 6.07) is 12.9. The van der Waals surface area contributed by atoms with Crippen LogP contribution >= 0.6 is 0 Å². The highest BCUT2D eigenvalue weighted by Crippen LogP contribution is 2.33. The number of fused-ring (bicyclic) bond motifs is 1. The Bertz CT molecular complexity index is 1340. The summed E-state index contributed by atoms with van der Waals surface area (Å²) in [5.41, 5.74) is 6.02. The average molecular weight is 512 g/mol. The first-order valence-electron chi connectivity index (χ1n) is 13.0. The molecule has 1 amide bonds. The van der Waals surface area contributed by atoms with E-state index in [-0.39, 0.29) is 6.04 Å². The third-order valence-electron chi connectivity index (χ3n) is 7.00. The molecule has 4 aromatic rings. The number of carbonyl (C=O) groups excluding carboxylic acids is 1. The van der Waals surface area contributed by atoms with E-state index in [0.717, 1.165) is 50.2 Å². The van der Waals surface area contributed by atoms with E-state index in [0.29, 0.717) is 23.7 Å². The predicted molar refractivity (Wildman–Crippen MR) is 143 cm³/mol. The summed E-state index contributed by atoms with van der Waals surface area (Å²) in [6.45, 7) is 5.63. The molecule has 38 heavy (non-hydrogen) atoms. The van der Waals surface area contributed by atoms with Crippen molar-refractivity contribution in [3.8, 4) is 5.75 Å². The molecule has 1 atom stereocenters. The lowest BCUT2D eigenvalue weighted by molar-refractivity contribution is 0.167. The molecule has 196 valence electrons. The summed E-state index contributed by atoms with van der Waals surface area (Å²) >= 11 is 0. The van der Waals surface area contributed by atoms with Gasteiger partial charge in [0.25, 0.3) is 0 Å². The fourth-order valence-corrected chi connectivity index (χ4v) is 5.00. The van der Waals surface area contributed by atoms with Crippen LogP contribution < -0.4 is 10.1 Å². The molecule has 1 aliphatic carbocycles. The summed E-state index contributed by atoms with van der Waals surface area (Å²) in [6.07, 6.45) is 10.7. The fourth-order valence-electron chi connectivity index (χ4n) is 5.00. The first-order chi connectivity index (χ1) is 18.6. The second-order valence-corrected chi connectivity index (χ2v) is 9.65. The lowest BCUT2D eigenvalue weighted by atomic mass is 9.90. The van der Waals surface area contributed by atoms with Crippen molar-refractivity contribution in [2.75, 3.05) is 6.54 Å². The highest BCUT2D eigenvalue weighted by Gasteiger charge is 2.27. The number of hydrogen-bond acceptors (Lipinski definition) is 7. The zero-order valence-electron chi connectivity index (χ0n) is 21.9. The number of aryl methyl sites for hydroxylation is 3. The Balaban J connectivity index is 1.23. The van der Waals surface area contributed by atoms with Gasteiger partial charge in [0.05, 0.1) is 23.1 Å². The van der Waals surface area contributed by atoms with Crippen LogP contribution in [0.15, 0.2) is 61.3 Å². The largest absolute Gasteiger partial charge is 0.412 e. The van der Waals surface area contributed by atoms with Crippen LogP contribution in [0.25, 0.3) is 0 Å². The van der Waals surface area contributed by atoms with Gasteiger partial charge in [0.15, 0.2) is 5.75 Å². The van der Waals surface area contributed by atoms with E-state index in [1.807, 2.05) is 18.5 Å². The van der Waals surface area contributed by atoms with E-state index < -0.39 is 6.09 Å². The molecule has 1 unspecified atom stereocenters. The first-order valence-corrected chi connectivity index (χ1v) is 13.0. The number of H-pyrrole nitrogens is 1. The summed E-state index contributed by atoms with van der Waals surface area (Å²) in [5.74, 6) is 1.39. The van der Waals surface area contributed by atoms with Gasteiger partial charge in [0.1, 0.15) is 12.2 Å². The minimum absolute atomic E-state index is 0.278. The zero-order valence-corrected chi connectivity index (χ0v) is 21.9. The van der Waals surface area contributed by atoms with Crippen molar-refractivity contribution in [2.45, 2.75) is 58.7 Å². The molecular formula is C29H33N7O2. The van der Waals surface area contributed by atoms with E-state index in [1.54, 1.807) is 20.0 Å². The Morgan fingerprint density at radius 3 is 2.61 bits per heavy atom. The molecule has 1 aromatic carbocycles. The number of rotatable bonds is 9. The fraction of sp³-hybridized carbons (Fsp3) is 0.345. The van der Waals surface area contributed by atoms with E-state index in [1.165, 1.54) is 23.1 Å². The molecule has 0 saturated heterocycles. The second-order valence-electron chi connectivity index (χ2n) is 9.65. The summed E-state index contributed by atoms with van der Waals surface area (Å²) in [4.78, 5) is 35.5. The number of amides is 1. The van der Waals surface area contributed by atoms with Gasteiger partial charge < -0.3 is 15.0 Å². The van der Waals surface area contributed by atoms with Gasteiger partial charge in [-0.25, -0.2) is 19.7 Å². The Labute approximate surface area is 222 Å². The monoisotopic (exact) mass is 511 g/mol. The van der Waals surface area contributed by atoms with Crippen molar-refractivity contribution < 1.29 is 9.53 Å². The van der Waals surface area contributed by atoms with Gasteiger partial charge in [-0.2, -0.15) is 0 Å². The second kappa shape index (κ2) is 12.0. The van der Waals surface area contributed by atoms with Gasteiger partial charge in [-0.3, -0.25) is 9.88 Å². The molecule has 0 bridgehead atoms. The van der Waals surface area contributed by atoms with E-state index in [4.69, 9.17) is 9.72 Å². The molecule has 3 heterocycles. The molecule has 9 heteroatoms. The molecule has 0 fully saturated rings. The minimum atomic E-state index is -0.525. The summed E-state index contributed by atoms with van der Waals surface area (Å²) < 4.78 is 5.43. The minimum Gasteiger partial charge on any atom is -0.406 e. The van der Waals surface area contributed by atoms with E-state index in [2.05, 4.69) is 60.5 Å². The van der Waals surface area contributed by atoms with Gasteiger partial charge in [0.2, 0.25) is 0 Å². The van der Waals surface area contributed by atoms with Crippen LogP contribution in [0.4, 0.5) is 4.79 Å². The maximum Gasteiger partial charge on any atom is 0.412 e. The number of pyridine rings is 1. The predicted octanol–water partition coefficient (Wildman–Crippen LogP) is 4.62. The smallest absolute Gasteiger partial charge is 0.406 e. The number of imidazole rings is 1. The van der Waals surface area contributed by atoms with Crippen LogP contribution in [-0.4, -0.2) is 42.5 Å². The molecule has 2 N–H and O–H groups in total. The molecule has 3 aromatic heterocycles. The van der Waals surface area contributed by atoms with Crippen molar-refractivity contribution in [3.63, 3.8) is 0 Å². The number of nitrogens with zero attached hydrogens (tertiary/aromatic N) is 5. The highest BCUT2D eigenvalue weighted by molar-refractivity contribution is 5.70. The van der Waals surface area contributed by atoms with Crippen molar-refractivity contribution in [1.29, 1.82) is 0 Å². The number of carbonyl (C=O) groups is 1. The molecule has 0 radical (unpaired) electrons. The van der Waals surface area contributed by atoms with Crippen molar-refractivity contribution in [1.82, 2.24) is 35.1 Å². The molecule has 5 rings (SSSR count). The van der Waals surface area contributed by atoms with Crippen molar-refractivity contribution in [2.24, 2.45) is 0 Å². The first kappa shape index (κ1) is 25.5. The SMILES string of the molecule is Cc1ncnc(C)c1OC(=O)NCc1ccc(CN(CCc2ncc[nH]2)C2CCCc3cccnc32)cc1. The molecule has 9 nitrogen and oxygen atoms in total. The Morgan fingerprint density at radius 2 is 1.84 bits per heavy atom. The Hall–Kier alpha value is -4.11. The number of hydrogen-bond donors (Lipinski definition) is 2. The van der Waals surface area contributed by atoms with Crippen molar-refractivity contribution in [3.05, 3.63) is 101 Å². The summed E-state index contributed by atoms with van der Waals surface area (Å²) in [7, 11) is 0. The maximum absolute atomic E-state index is 12.3. The van der Waals surface area contributed by atoms with Gasteiger partial charge in [-0.1, -0.05) is 30.3 Å². The molecule has 0 aliphatic heterocycles. The number of aromatic nitrogens is 5. The normalized spacial score (nSPS) is 14.8. The third-order valence-corrected chi connectivity index (χ3v) is 7.00. The Kier molecular flexibility index (Phi) is 8.04. The lowest BCUT2D eigenvalue weighted by Crippen LogP contribution is -2.33.